The molecule has 0 aromatic rings. The molecule has 0 atom stereocenters. The maximum Gasteiger partial charge on any atom is 0.296 e. The molecule has 0 bridgehead atoms. The van der Waals surface area contributed by atoms with Gasteiger partial charge in [-0.25, -0.2) is 0 Å². The molecule has 0 aliphatic rings. The van der Waals surface area contributed by atoms with Gasteiger partial charge in [0, 0.05) is 6.42 Å². The SMILES string of the molecule is C=CCCC#CC(=O)Cl. The number of hydrogen-bond acceptors (Lipinski definition) is 1. The van der Waals surface area contributed by atoms with E-state index in [1.807, 2.05) is 0 Å². The van der Waals surface area contributed by atoms with Gasteiger partial charge in [0.2, 0.25) is 0 Å². The Kier molecular flexibility index (Phi) is 4.95. The van der Waals surface area contributed by atoms with Gasteiger partial charge in [-0.15, -0.1) is 6.58 Å². The van der Waals surface area contributed by atoms with Crippen LogP contribution in [0.25, 0.3) is 0 Å². The summed E-state index contributed by atoms with van der Waals surface area (Å²) >= 11 is 4.92. The van der Waals surface area contributed by atoms with Gasteiger partial charge < -0.3 is 0 Å². The first-order valence-electron chi connectivity index (χ1n) is 2.56. The van der Waals surface area contributed by atoms with Crippen LogP contribution in [-0.2, 0) is 4.79 Å². The number of rotatable bonds is 2. The second kappa shape index (κ2) is 5.40. The van der Waals surface area contributed by atoms with Gasteiger partial charge in [-0.1, -0.05) is 12.0 Å². The molecule has 0 heterocycles. The minimum atomic E-state index is -0.598. The van der Waals surface area contributed by atoms with Gasteiger partial charge in [0.05, 0.1) is 0 Å². The van der Waals surface area contributed by atoms with E-state index in [4.69, 9.17) is 11.6 Å². The van der Waals surface area contributed by atoms with Gasteiger partial charge in [-0.05, 0) is 23.9 Å². The van der Waals surface area contributed by atoms with Gasteiger partial charge in [-0.3, -0.25) is 4.79 Å². The van der Waals surface area contributed by atoms with Crippen LogP contribution >= 0.6 is 11.6 Å². The highest BCUT2D eigenvalue weighted by Gasteiger charge is 1.80. The van der Waals surface area contributed by atoms with E-state index in [1.165, 1.54) is 0 Å². The van der Waals surface area contributed by atoms with Crippen molar-refractivity contribution in [3.63, 3.8) is 0 Å². The van der Waals surface area contributed by atoms with Gasteiger partial charge in [0.15, 0.2) is 0 Å². The molecule has 0 radical (unpaired) electrons. The van der Waals surface area contributed by atoms with E-state index in [1.54, 1.807) is 6.08 Å². The molecule has 0 aliphatic heterocycles. The molecule has 0 unspecified atom stereocenters. The maximum absolute atomic E-state index is 9.97. The summed E-state index contributed by atoms with van der Waals surface area (Å²) < 4.78 is 0. The van der Waals surface area contributed by atoms with E-state index in [-0.39, 0.29) is 0 Å². The van der Waals surface area contributed by atoms with Gasteiger partial charge in [0.25, 0.3) is 5.24 Å². The molecule has 0 N–H and O–H groups in total. The Hall–Kier alpha value is -0.740. The second-order valence-electron chi connectivity index (χ2n) is 1.40. The van der Waals surface area contributed by atoms with E-state index in [0.29, 0.717) is 6.42 Å². The largest absolute Gasteiger partial charge is 0.296 e. The Balaban J connectivity index is 3.37. The summed E-state index contributed by atoms with van der Waals surface area (Å²) in [6, 6.07) is 0. The zero-order valence-electron chi connectivity index (χ0n) is 4.98. The fourth-order valence-corrected chi connectivity index (χ4v) is 0.373. The fourth-order valence-electron chi connectivity index (χ4n) is 0.306. The lowest BCUT2D eigenvalue weighted by Gasteiger charge is -1.76. The minimum Gasteiger partial charge on any atom is -0.266 e. The molecule has 0 aromatic heterocycles. The van der Waals surface area contributed by atoms with Crippen molar-refractivity contribution in [2.45, 2.75) is 12.8 Å². The quantitative estimate of drug-likeness (QED) is 0.248. The average molecular weight is 143 g/mol. The monoisotopic (exact) mass is 142 g/mol. The van der Waals surface area contributed by atoms with Crippen LogP contribution in [0.2, 0.25) is 0 Å². The first-order chi connectivity index (χ1) is 4.27. The molecule has 0 aliphatic carbocycles. The van der Waals surface area contributed by atoms with Gasteiger partial charge in [0.1, 0.15) is 0 Å². The molecule has 0 rings (SSSR count). The van der Waals surface area contributed by atoms with Crippen LogP contribution in [0, 0.1) is 11.8 Å². The van der Waals surface area contributed by atoms with Gasteiger partial charge >= 0.3 is 0 Å². The highest BCUT2D eigenvalue weighted by molar-refractivity contribution is 6.68. The average Bonchev–Trinajstić information content (AvgIpc) is 1.80. The van der Waals surface area contributed by atoms with E-state index in [9.17, 15) is 4.79 Å². The normalized spacial score (nSPS) is 7.22. The van der Waals surface area contributed by atoms with Crippen molar-refractivity contribution in [2.24, 2.45) is 0 Å². The Morgan fingerprint density at radius 3 is 2.89 bits per heavy atom. The van der Waals surface area contributed by atoms with Crippen LogP contribution in [-0.4, -0.2) is 5.24 Å². The predicted molar refractivity (Wildman–Crippen MR) is 38.1 cm³/mol. The summed E-state index contributed by atoms with van der Waals surface area (Å²) in [7, 11) is 0. The Labute approximate surface area is 59.7 Å². The first-order valence-corrected chi connectivity index (χ1v) is 2.94. The van der Waals surface area contributed by atoms with E-state index in [2.05, 4.69) is 18.4 Å². The third-order valence-electron chi connectivity index (χ3n) is 0.660. The summed E-state index contributed by atoms with van der Waals surface area (Å²) in [5.41, 5.74) is 0. The molecule has 0 saturated carbocycles. The molecular formula is C7H7ClO. The molecule has 0 spiro atoms. The minimum absolute atomic E-state index is 0.598. The van der Waals surface area contributed by atoms with Crippen molar-refractivity contribution < 1.29 is 4.79 Å². The topological polar surface area (TPSA) is 17.1 Å². The Morgan fingerprint density at radius 2 is 2.44 bits per heavy atom. The summed E-state index contributed by atoms with van der Waals surface area (Å²) in [4.78, 5) is 9.97. The van der Waals surface area contributed by atoms with E-state index < -0.39 is 5.24 Å². The van der Waals surface area contributed by atoms with Crippen molar-refractivity contribution in [1.82, 2.24) is 0 Å². The van der Waals surface area contributed by atoms with Crippen molar-refractivity contribution in [2.75, 3.05) is 0 Å². The van der Waals surface area contributed by atoms with Crippen molar-refractivity contribution >= 4 is 16.8 Å². The van der Waals surface area contributed by atoms with Crippen molar-refractivity contribution in [3.05, 3.63) is 12.7 Å². The van der Waals surface area contributed by atoms with Crippen LogP contribution in [0.3, 0.4) is 0 Å². The number of allylic oxidation sites excluding steroid dienone is 1. The summed E-state index contributed by atoms with van der Waals surface area (Å²) in [6.07, 6.45) is 3.20. The summed E-state index contributed by atoms with van der Waals surface area (Å²) in [5.74, 6) is 4.79. The lowest BCUT2D eigenvalue weighted by molar-refractivity contribution is -0.107. The number of carbonyl (C=O) groups is 1. The van der Waals surface area contributed by atoms with Crippen LogP contribution in [0.1, 0.15) is 12.8 Å². The number of carbonyl (C=O) groups excluding carboxylic acids is 1. The van der Waals surface area contributed by atoms with Crippen LogP contribution in [0.5, 0.6) is 0 Å². The standard InChI is InChI=1S/C7H7ClO/c1-2-3-4-5-6-7(8)9/h2H,1,3-4H2. The molecule has 0 saturated heterocycles. The van der Waals surface area contributed by atoms with Crippen LogP contribution < -0.4 is 0 Å². The lowest BCUT2D eigenvalue weighted by atomic mass is 10.3. The van der Waals surface area contributed by atoms with Crippen molar-refractivity contribution in [1.29, 1.82) is 0 Å². The smallest absolute Gasteiger partial charge is 0.266 e. The first kappa shape index (κ1) is 8.26. The molecule has 9 heavy (non-hydrogen) atoms. The van der Waals surface area contributed by atoms with E-state index >= 15 is 0 Å². The van der Waals surface area contributed by atoms with Crippen LogP contribution in [0.4, 0.5) is 0 Å². The summed E-state index contributed by atoms with van der Waals surface area (Å²) in [5, 5.41) is -0.598. The zero-order chi connectivity index (χ0) is 7.11. The molecule has 0 fully saturated rings. The molecule has 0 aromatic carbocycles. The molecular weight excluding hydrogens is 136 g/mol. The fraction of sp³-hybridized carbons (Fsp3) is 0.286. The third-order valence-corrected chi connectivity index (χ3v) is 0.755. The molecule has 1 nitrogen and oxygen atoms in total. The number of unbranched alkanes of at least 4 members (excludes halogenated alkanes) is 1. The third kappa shape index (κ3) is 7.26. The predicted octanol–water partition coefficient (Wildman–Crippen LogP) is 1.72. The lowest BCUT2D eigenvalue weighted by Crippen LogP contribution is -1.74. The van der Waals surface area contributed by atoms with Crippen LogP contribution in [0.15, 0.2) is 12.7 Å². The molecule has 48 valence electrons. The second-order valence-corrected chi connectivity index (χ2v) is 1.75. The molecule has 2 heteroatoms. The van der Waals surface area contributed by atoms with Gasteiger partial charge in [-0.2, -0.15) is 0 Å². The number of halogens is 1. The summed E-state index contributed by atoms with van der Waals surface area (Å²) in [6.45, 7) is 3.49. The zero-order valence-corrected chi connectivity index (χ0v) is 5.74. The van der Waals surface area contributed by atoms with E-state index in [0.717, 1.165) is 6.42 Å². The maximum atomic E-state index is 9.97. The number of hydrogen-bond donors (Lipinski definition) is 0. The van der Waals surface area contributed by atoms with Crippen molar-refractivity contribution in [3.8, 4) is 11.8 Å². The Morgan fingerprint density at radius 1 is 1.78 bits per heavy atom. The highest BCUT2D eigenvalue weighted by atomic mass is 35.5. The highest BCUT2D eigenvalue weighted by Crippen LogP contribution is 1.85. The molecule has 0 amide bonds. The Bertz CT molecular complexity index is 161.